The molecule has 10 atom stereocenters. The minimum atomic E-state index is -4.26. The van der Waals surface area contributed by atoms with E-state index in [2.05, 4.69) is 42.2 Å². The van der Waals surface area contributed by atoms with Crippen LogP contribution in [0.5, 0.6) is 0 Å². The minimum absolute atomic E-state index is 0.0801. The molecule has 4 bridgehead atoms. The van der Waals surface area contributed by atoms with Crippen LogP contribution in [0, 0.1) is 0 Å². The van der Waals surface area contributed by atoms with Gasteiger partial charge in [-0.25, -0.2) is 38.7 Å². The fourth-order valence-electron chi connectivity index (χ4n) is 5.15. The third-order valence-electron chi connectivity index (χ3n) is 7.16. The van der Waals surface area contributed by atoms with Crippen LogP contribution in [0.1, 0.15) is 12.5 Å². The van der Waals surface area contributed by atoms with E-state index in [9.17, 15) is 4.89 Å². The summed E-state index contributed by atoms with van der Waals surface area (Å²) in [5.41, 5.74) is 9.10. The van der Waals surface area contributed by atoms with Crippen molar-refractivity contribution in [2.24, 2.45) is 0 Å². The number of hydrogen-bond donors (Lipinski definition) is 4. The van der Waals surface area contributed by atoms with Gasteiger partial charge in [0.2, 0.25) is 5.69 Å². The Hall–Kier alpha value is -2.07. The molecule has 0 radical (unpaired) electrons. The summed E-state index contributed by atoms with van der Waals surface area (Å²) < 4.78 is 69.4. The van der Waals surface area contributed by atoms with E-state index in [1.165, 1.54) is 34.4 Å². The molecule has 3 fully saturated rings. The Morgan fingerprint density at radius 3 is 1.80 bits per heavy atom. The second kappa shape index (κ2) is 11.3. The summed E-state index contributed by atoms with van der Waals surface area (Å²) in [5.74, 6) is 0.172. The Bertz CT molecular complexity index is 1710. The molecule has 236 valence electrons. The third kappa shape index (κ3) is 5.39. The number of hydrogen-bond acceptors (Lipinski definition) is 16. The molecule has 17 nitrogen and oxygen atoms in total. The van der Waals surface area contributed by atoms with E-state index in [1.54, 1.807) is 0 Å². The first-order chi connectivity index (χ1) is 20.9. The number of rotatable bonds is 2. The Kier molecular flexibility index (Phi) is 7.87. The molecule has 2 unspecified atom stereocenters. The molecule has 0 aromatic carbocycles. The highest BCUT2D eigenvalue weighted by Gasteiger charge is 2.53. The molecule has 3 aliphatic rings. The van der Waals surface area contributed by atoms with Gasteiger partial charge in [-0.05, 0) is 23.6 Å². The van der Waals surface area contributed by atoms with Gasteiger partial charge >= 0.3 is 6.72 Å². The predicted octanol–water partition coefficient (Wildman–Crippen LogP) is 1.49. The van der Waals surface area contributed by atoms with Crippen LogP contribution in [-0.2, 0) is 51.2 Å². The number of imidazole rings is 2. The Balaban J connectivity index is 1.22. The molecule has 0 saturated carbocycles. The van der Waals surface area contributed by atoms with Crippen molar-refractivity contribution in [1.82, 2.24) is 39.0 Å². The lowest BCUT2D eigenvalue weighted by molar-refractivity contribution is -0.0575. The summed E-state index contributed by atoms with van der Waals surface area (Å²) in [7, 11) is 0. The average Bonchev–Trinajstić information content (AvgIpc) is 3.73. The van der Waals surface area contributed by atoms with Gasteiger partial charge in [0, 0.05) is 0 Å². The van der Waals surface area contributed by atoms with Gasteiger partial charge in [-0.1, -0.05) is 12.2 Å². The molecular weight excluding hydrogens is 688 g/mol. The van der Waals surface area contributed by atoms with Crippen LogP contribution in [0.4, 0.5) is 20.4 Å². The van der Waals surface area contributed by atoms with Gasteiger partial charge in [0.05, 0.1) is 25.9 Å². The number of alkyl halides is 2. The number of halogens is 2. The predicted molar refractivity (Wildman–Crippen MR) is 159 cm³/mol. The molecule has 5 N–H and O–H groups in total. The van der Waals surface area contributed by atoms with Gasteiger partial charge < -0.3 is 39.4 Å². The van der Waals surface area contributed by atoms with Crippen molar-refractivity contribution < 1.29 is 41.2 Å². The summed E-state index contributed by atoms with van der Waals surface area (Å²) in [6.07, 6.45) is -6.98. The zero-order valence-corrected chi connectivity index (χ0v) is 26.2. The molecule has 4 aromatic heterocycles. The summed E-state index contributed by atoms with van der Waals surface area (Å²) in [6.45, 7) is -5.36. The van der Waals surface area contributed by atoms with Gasteiger partial charge in [0.15, 0.2) is 47.7 Å². The molecule has 24 heteroatoms. The van der Waals surface area contributed by atoms with Crippen LogP contribution in [0.3, 0.4) is 0 Å². The normalized spacial score (nSPS) is 38.3. The number of nitrogens with two attached hydrogens (primary N) is 2. The zero-order valence-electron chi connectivity index (χ0n) is 21.9. The van der Waals surface area contributed by atoms with E-state index in [4.69, 9.17) is 62.6 Å². The average molecular weight is 711 g/mol. The van der Waals surface area contributed by atoms with Crippen LogP contribution in [0.2, 0.25) is 0 Å². The van der Waals surface area contributed by atoms with E-state index in [0.29, 0.717) is 0 Å². The maximum absolute atomic E-state index is 16.0. The number of anilines is 2. The van der Waals surface area contributed by atoms with E-state index < -0.39 is 74.8 Å². The second-order valence-corrected chi connectivity index (χ2v) is 17.9. The highest BCUT2D eigenvalue weighted by molar-refractivity contribution is 8.60. The zero-order chi connectivity index (χ0) is 31.0. The third-order valence-corrected chi connectivity index (χ3v) is 10.9. The van der Waals surface area contributed by atoms with E-state index in [-0.39, 0.29) is 34.0 Å². The maximum atomic E-state index is 16.0. The number of fused-ring (bicyclic) bond motifs is 6. The first kappa shape index (κ1) is 30.6. The Labute approximate surface area is 261 Å². The lowest BCUT2D eigenvalue weighted by Gasteiger charge is -2.27. The van der Waals surface area contributed by atoms with Crippen molar-refractivity contribution in [3.05, 3.63) is 25.3 Å². The maximum Gasteiger partial charge on any atom is 0.325 e. The number of ether oxygens (including phenoxy) is 2. The second-order valence-electron chi connectivity index (χ2n) is 9.85. The molecule has 0 amide bonds. The highest BCUT2D eigenvalue weighted by Crippen LogP contribution is 2.59. The minimum Gasteiger partial charge on any atom is -0.382 e. The van der Waals surface area contributed by atoms with E-state index in [0.717, 1.165) is 0 Å². The smallest absolute Gasteiger partial charge is 0.325 e. The van der Waals surface area contributed by atoms with Crippen molar-refractivity contribution in [2.45, 2.75) is 49.2 Å². The van der Waals surface area contributed by atoms with Gasteiger partial charge in [0.1, 0.15) is 48.1 Å². The van der Waals surface area contributed by atoms with Gasteiger partial charge in [-0.2, -0.15) is 0 Å². The molecule has 7 heterocycles. The number of nitrogens with zero attached hydrogens (tertiary/aromatic N) is 8. The number of thiol groups is 1. The number of nitrogen functional groups attached to an aromatic ring is 2. The first-order valence-corrected chi connectivity index (χ1v) is 19.1. The van der Waals surface area contributed by atoms with Crippen molar-refractivity contribution >= 4 is 82.2 Å². The quantitative estimate of drug-likeness (QED) is 0.171. The van der Waals surface area contributed by atoms with Gasteiger partial charge in [-0.3, -0.25) is 13.7 Å². The molecule has 7 rings (SSSR count). The lowest BCUT2D eigenvalue weighted by atomic mass is 10.1. The van der Waals surface area contributed by atoms with Crippen LogP contribution in [0.25, 0.3) is 22.3 Å². The van der Waals surface area contributed by atoms with Gasteiger partial charge in [0.25, 0.3) is 0 Å². The van der Waals surface area contributed by atoms with Crippen molar-refractivity contribution in [3.63, 3.8) is 0 Å². The topological polar surface area (TPSA) is 215 Å². The van der Waals surface area contributed by atoms with Crippen molar-refractivity contribution in [1.29, 1.82) is 0 Å². The molecule has 44 heavy (non-hydrogen) atoms. The Morgan fingerprint density at radius 1 is 0.795 bits per heavy atom. The summed E-state index contributed by atoms with van der Waals surface area (Å²) in [4.78, 5) is 35.5. The molecule has 0 aliphatic carbocycles. The molecular formula is C20H22F2N10O7P2S3. The molecule has 3 aliphatic heterocycles. The SMILES string of the molecule is Nc1ncnc2c1ncn2[C@@H]1O[C@@H]2COP(=S)(S)O[C@@H]3[C@H](F)[C@@H](COP(O)(=S)O[C@@H]1[C@@H]2F)O[C@H]3n1cnc2c(N)ncnc21. The van der Waals surface area contributed by atoms with Crippen LogP contribution >= 0.6 is 24.7 Å². The fourth-order valence-corrected chi connectivity index (χ4v) is 8.48. The van der Waals surface area contributed by atoms with Crippen LogP contribution in [-0.4, -0.2) is 93.9 Å². The molecule has 4 aromatic rings. The van der Waals surface area contributed by atoms with Gasteiger partial charge in [-0.15, -0.1) is 0 Å². The fraction of sp³-hybridized carbons (Fsp3) is 0.500. The summed E-state index contributed by atoms with van der Waals surface area (Å²) in [5, 5.41) is 0. The monoisotopic (exact) mass is 710 g/mol. The van der Waals surface area contributed by atoms with E-state index in [1.807, 2.05) is 0 Å². The standard InChI is InChI=1S/C20H22F2N10O7P2S3/c21-9-8-2-35-41(43,44)39-14-10(22)7(36-20(14)32-6-30-12-16(24)26-4-28-18(12)32)1-34-40(33,42)38-13(9)19(37-8)31-5-29-11-15(23)25-3-27-17(11)31/h3-10,13-14,19-20H,1-2H2,(H,33,42)(H,43,44)(H2,23,25,27)(H2,24,26,28)/t7-,8-,9-,10-,13-,14-,19-,20-,40?/m1/s1. The first-order valence-electron chi connectivity index (χ1n) is 12.7. The summed E-state index contributed by atoms with van der Waals surface area (Å²) in [6, 6.07) is 0. The highest BCUT2D eigenvalue weighted by atomic mass is 32.9. The summed E-state index contributed by atoms with van der Waals surface area (Å²) >= 11 is 15.0. The largest absolute Gasteiger partial charge is 0.382 e. The number of aromatic nitrogens is 8. The van der Waals surface area contributed by atoms with Crippen molar-refractivity contribution in [2.75, 3.05) is 24.7 Å². The van der Waals surface area contributed by atoms with Crippen LogP contribution in [0.15, 0.2) is 25.3 Å². The van der Waals surface area contributed by atoms with E-state index >= 15 is 8.78 Å². The van der Waals surface area contributed by atoms with Crippen molar-refractivity contribution in [3.8, 4) is 0 Å². The Morgan fingerprint density at radius 2 is 1.27 bits per heavy atom. The molecule has 3 saturated heterocycles. The molecule has 0 spiro atoms. The van der Waals surface area contributed by atoms with Crippen LogP contribution < -0.4 is 11.5 Å². The lowest BCUT2D eigenvalue weighted by Crippen LogP contribution is -2.34.